The number of anilines is 1. The molecule has 0 bridgehead atoms. The van der Waals surface area contributed by atoms with Gasteiger partial charge >= 0.3 is 0 Å². The molecule has 0 spiro atoms. The van der Waals surface area contributed by atoms with E-state index in [1.807, 2.05) is 20.2 Å². The smallest absolute Gasteiger partial charge is 0.218 e. The van der Waals surface area contributed by atoms with Crippen molar-refractivity contribution in [1.29, 1.82) is 0 Å². The Morgan fingerprint density at radius 1 is 1.21 bits per heavy atom. The number of hydrogen-bond donors (Lipinski definition) is 1. The van der Waals surface area contributed by atoms with Crippen molar-refractivity contribution in [2.24, 2.45) is 0 Å². The van der Waals surface area contributed by atoms with Crippen LogP contribution < -0.4 is 10.1 Å². The van der Waals surface area contributed by atoms with E-state index in [1.54, 1.807) is 0 Å². The summed E-state index contributed by atoms with van der Waals surface area (Å²) in [6, 6.07) is 1.88. The highest BCUT2D eigenvalue weighted by Crippen LogP contribution is 2.14. The third kappa shape index (κ3) is 6.38. The van der Waals surface area contributed by atoms with Crippen molar-refractivity contribution in [3.8, 4) is 5.88 Å². The van der Waals surface area contributed by atoms with Crippen molar-refractivity contribution in [2.45, 2.75) is 33.1 Å². The van der Waals surface area contributed by atoms with E-state index in [0.29, 0.717) is 12.5 Å². The summed E-state index contributed by atoms with van der Waals surface area (Å²) in [6.45, 7) is 6.70. The molecule has 1 aromatic rings. The molecular formula is C14H26N4O. The fourth-order valence-electron chi connectivity index (χ4n) is 1.56. The Labute approximate surface area is 116 Å². The molecule has 0 atom stereocenters. The van der Waals surface area contributed by atoms with Crippen molar-refractivity contribution in [3.63, 3.8) is 0 Å². The second-order valence-electron chi connectivity index (χ2n) is 4.84. The highest BCUT2D eigenvalue weighted by atomic mass is 16.5. The lowest BCUT2D eigenvalue weighted by Crippen LogP contribution is -2.20. The van der Waals surface area contributed by atoms with Crippen LogP contribution in [0, 0.1) is 0 Å². The van der Waals surface area contributed by atoms with E-state index in [1.165, 1.54) is 0 Å². The van der Waals surface area contributed by atoms with Crippen LogP contribution in [-0.4, -0.2) is 48.7 Å². The van der Waals surface area contributed by atoms with Crippen LogP contribution in [0.15, 0.2) is 6.07 Å². The van der Waals surface area contributed by atoms with Gasteiger partial charge < -0.3 is 15.0 Å². The maximum Gasteiger partial charge on any atom is 0.218 e. The Bertz CT molecular complexity index is 368. The van der Waals surface area contributed by atoms with Crippen LogP contribution in [0.2, 0.25) is 0 Å². The van der Waals surface area contributed by atoms with Crippen LogP contribution in [0.4, 0.5) is 5.82 Å². The number of nitrogens with zero attached hydrogens (tertiary/aromatic N) is 3. The number of likely N-dealkylation sites (N-methyl/N-ethyl adjacent to an activating group) is 1. The van der Waals surface area contributed by atoms with E-state index in [2.05, 4.69) is 34.0 Å². The molecule has 0 aliphatic rings. The summed E-state index contributed by atoms with van der Waals surface area (Å²) < 4.78 is 5.69. The molecule has 108 valence electrons. The van der Waals surface area contributed by atoms with Crippen molar-refractivity contribution in [3.05, 3.63) is 11.9 Å². The van der Waals surface area contributed by atoms with Crippen molar-refractivity contribution < 1.29 is 4.74 Å². The minimum atomic E-state index is 0.642. The van der Waals surface area contributed by atoms with E-state index in [0.717, 1.165) is 44.0 Å². The minimum Gasteiger partial charge on any atom is -0.476 e. The van der Waals surface area contributed by atoms with E-state index < -0.39 is 0 Å². The molecule has 1 aromatic heterocycles. The molecule has 19 heavy (non-hydrogen) atoms. The number of hydrogen-bond acceptors (Lipinski definition) is 5. The van der Waals surface area contributed by atoms with Gasteiger partial charge in [-0.1, -0.05) is 13.8 Å². The van der Waals surface area contributed by atoms with Crippen molar-refractivity contribution in [1.82, 2.24) is 14.9 Å². The van der Waals surface area contributed by atoms with Crippen LogP contribution in [0.1, 0.15) is 32.5 Å². The Balaban J connectivity index is 2.68. The monoisotopic (exact) mass is 266 g/mol. The van der Waals surface area contributed by atoms with E-state index in [4.69, 9.17) is 4.74 Å². The predicted octanol–water partition coefficient (Wildman–Crippen LogP) is 2.19. The zero-order chi connectivity index (χ0) is 14.1. The van der Waals surface area contributed by atoms with Gasteiger partial charge in [0.15, 0.2) is 0 Å². The number of aryl methyl sites for hydroxylation is 1. The largest absolute Gasteiger partial charge is 0.476 e. The Kier molecular flexibility index (Phi) is 7.18. The van der Waals surface area contributed by atoms with Gasteiger partial charge in [-0.15, -0.1) is 0 Å². The molecule has 0 aromatic carbocycles. The Hall–Kier alpha value is -1.36. The molecule has 0 aliphatic carbocycles. The van der Waals surface area contributed by atoms with Gasteiger partial charge in [-0.2, -0.15) is 4.98 Å². The van der Waals surface area contributed by atoms with Crippen LogP contribution in [0.5, 0.6) is 5.88 Å². The molecular weight excluding hydrogens is 240 g/mol. The fourth-order valence-corrected chi connectivity index (χ4v) is 1.56. The summed E-state index contributed by atoms with van der Waals surface area (Å²) in [4.78, 5) is 11.0. The second-order valence-corrected chi connectivity index (χ2v) is 4.84. The highest BCUT2D eigenvalue weighted by molar-refractivity contribution is 5.38. The summed E-state index contributed by atoms with van der Waals surface area (Å²) in [5.41, 5.74) is 0. The number of ether oxygens (including phenoxy) is 1. The van der Waals surface area contributed by atoms with E-state index >= 15 is 0 Å². The molecule has 0 unspecified atom stereocenters. The van der Waals surface area contributed by atoms with Gasteiger partial charge in [-0.25, -0.2) is 4.98 Å². The van der Waals surface area contributed by atoms with E-state index in [9.17, 15) is 0 Å². The summed E-state index contributed by atoms with van der Waals surface area (Å²) in [5.74, 6) is 2.38. The summed E-state index contributed by atoms with van der Waals surface area (Å²) in [6.07, 6.45) is 2.99. The van der Waals surface area contributed by atoms with Gasteiger partial charge in [-0.05, 0) is 26.9 Å². The van der Waals surface area contributed by atoms with Crippen LogP contribution in [0.25, 0.3) is 0 Å². The summed E-state index contributed by atoms with van der Waals surface area (Å²) in [7, 11) is 4.06. The van der Waals surface area contributed by atoms with Crippen molar-refractivity contribution in [2.75, 3.05) is 39.1 Å². The van der Waals surface area contributed by atoms with Gasteiger partial charge in [0.1, 0.15) is 18.2 Å². The maximum absolute atomic E-state index is 5.69. The predicted molar refractivity (Wildman–Crippen MR) is 78.9 cm³/mol. The Morgan fingerprint density at radius 3 is 2.63 bits per heavy atom. The SMILES string of the molecule is CCCNc1cc(OCCN(C)C)nc(CCC)n1. The third-order valence-corrected chi connectivity index (χ3v) is 2.57. The minimum absolute atomic E-state index is 0.642. The first-order valence-corrected chi connectivity index (χ1v) is 7.05. The molecule has 1 N–H and O–H groups in total. The first-order chi connectivity index (χ1) is 9.15. The second kappa shape index (κ2) is 8.69. The molecule has 0 saturated carbocycles. The molecule has 1 rings (SSSR count). The normalized spacial score (nSPS) is 10.8. The van der Waals surface area contributed by atoms with Crippen molar-refractivity contribution >= 4 is 5.82 Å². The zero-order valence-corrected chi connectivity index (χ0v) is 12.6. The highest BCUT2D eigenvalue weighted by Gasteiger charge is 2.05. The quantitative estimate of drug-likeness (QED) is 0.742. The van der Waals surface area contributed by atoms with Gasteiger partial charge in [0.25, 0.3) is 0 Å². The van der Waals surface area contributed by atoms with Gasteiger partial charge in [-0.3, -0.25) is 0 Å². The standard InChI is InChI=1S/C14H26N4O/c1-5-7-12-16-13(15-8-6-2)11-14(17-12)19-10-9-18(3)4/h11H,5-10H2,1-4H3,(H,15,16,17). The first kappa shape index (κ1) is 15.7. The third-order valence-electron chi connectivity index (χ3n) is 2.57. The molecule has 0 aliphatic heterocycles. The number of aromatic nitrogens is 2. The molecule has 0 radical (unpaired) electrons. The Morgan fingerprint density at radius 2 is 2.00 bits per heavy atom. The maximum atomic E-state index is 5.69. The lowest BCUT2D eigenvalue weighted by atomic mass is 10.3. The molecule has 0 saturated heterocycles. The molecule has 5 nitrogen and oxygen atoms in total. The van der Waals surface area contributed by atoms with Gasteiger partial charge in [0.2, 0.25) is 5.88 Å². The lowest BCUT2D eigenvalue weighted by molar-refractivity contribution is 0.253. The van der Waals surface area contributed by atoms with Gasteiger partial charge in [0, 0.05) is 25.6 Å². The van der Waals surface area contributed by atoms with Crippen LogP contribution in [-0.2, 0) is 6.42 Å². The summed E-state index contributed by atoms with van der Waals surface area (Å²) >= 11 is 0. The topological polar surface area (TPSA) is 50.3 Å². The zero-order valence-electron chi connectivity index (χ0n) is 12.6. The molecule has 1 heterocycles. The molecule has 0 amide bonds. The lowest BCUT2D eigenvalue weighted by Gasteiger charge is -2.12. The number of nitrogens with one attached hydrogen (secondary N) is 1. The number of rotatable bonds is 9. The fraction of sp³-hybridized carbons (Fsp3) is 0.714. The van der Waals surface area contributed by atoms with Crippen LogP contribution >= 0.6 is 0 Å². The average Bonchev–Trinajstić information content (AvgIpc) is 2.36. The molecule has 0 fully saturated rings. The average molecular weight is 266 g/mol. The summed E-state index contributed by atoms with van der Waals surface area (Å²) in [5, 5.41) is 3.29. The van der Waals surface area contributed by atoms with E-state index in [-0.39, 0.29) is 0 Å². The molecule has 5 heteroatoms. The van der Waals surface area contributed by atoms with Gasteiger partial charge in [0.05, 0.1) is 0 Å². The first-order valence-electron chi connectivity index (χ1n) is 7.05. The van der Waals surface area contributed by atoms with Crippen LogP contribution in [0.3, 0.4) is 0 Å².